The first kappa shape index (κ1) is 10.6. The van der Waals surface area contributed by atoms with E-state index in [0.717, 1.165) is 5.70 Å². The topological polar surface area (TPSA) is 32.7 Å². The maximum absolute atomic E-state index is 9.70. The zero-order valence-corrected chi connectivity index (χ0v) is 7.53. The Balaban J connectivity index is 4.10. The van der Waals surface area contributed by atoms with Crippen LogP contribution in [-0.4, -0.2) is 25.5 Å². The zero-order chi connectivity index (χ0) is 9.40. The van der Waals surface area contributed by atoms with Gasteiger partial charge in [-0.2, -0.15) is 4.91 Å². The van der Waals surface area contributed by atoms with Crippen LogP contribution in [0, 0.1) is 4.91 Å². The molecular formula is C9H14N2O. The zero-order valence-electron chi connectivity index (χ0n) is 7.53. The molecule has 0 aliphatic rings. The summed E-state index contributed by atoms with van der Waals surface area (Å²) < 4.78 is 0. The number of allylic oxidation sites excluding steroid dienone is 3. The number of rotatable bonds is 5. The van der Waals surface area contributed by atoms with E-state index in [0.29, 0.717) is 0 Å². The van der Waals surface area contributed by atoms with E-state index >= 15 is 0 Å². The Morgan fingerprint density at radius 3 is 2.67 bits per heavy atom. The Labute approximate surface area is 73.0 Å². The van der Waals surface area contributed by atoms with E-state index in [2.05, 4.69) is 11.8 Å². The highest BCUT2D eigenvalue weighted by atomic mass is 16.3. The molecule has 0 atom stereocenters. The SMILES string of the molecule is C=C/C(=C\C=C\CN=O)N(C)C. The predicted octanol–water partition coefficient (Wildman–Crippen LogP) is 1.94. The van der Waals surface area contributed by atoms with E-state index in [9.17, 15) is 4.91 Å². The number of nitroso groups, excluding NO2 is 1. The largest absolute Gasteiger partial charge is 0.378 e. The van der Waals surface area contributed by atoms with E-state index in [-0.39, 0.29) is 6.54 Å². The van der Waals surface area contributed by atoms with E-state index in [1.165, 1.54) is 0 Å². The Hall–Kier alpha value is -1.38. The minimum atomic E-state index is 0.217. The summed E-state index contributed by atoms with van der Waals surface area (Å²) in [5, 5.41) is 2.70. The van der Waals surface area contributed by atoms with Crippen LogP contribution in [0.25, 0.3) is 0 Å². The number of nitrogens with zero attached hydrogens (tertiary/aromatic N) is 2. The second kappa shape index (κ2) is 6.34. The first-order chi connectivity index (χ1) is 5.72. The van der Waals surface area contributed by atoms with Crippen molar-refractivity contribution in [3.63, 3.8) is 0 Å². The normalized spacial score (nSPS) is 11.7. The molecule has 0 unspecified atom stereocenters. The smallest absolute Gasteiger partial charge is 0.0995 e. The third-order valence-corrected chi connectivity index (χ3v) is 1.31. The molecule has 3 heteroatoms. The van der Waals surface area contributed by atoms with Crippen molar-refractivity contribution in [3.8, 4) is 0 Å². The first-order valence-corrected chi connectivity index (χ1v) is 3.68. The summed E-state index contributed by atoms with van der Waals surface area (Å²) in [6, 6.07) is 0. The van der Waals surface area contributed by atoms with Gasteiger partial charge in [0, 0.05) is 19.8 Å². The number of hydrogen-bond acceptors (Lipinski definition) is 3. The van der Waals surface area contributed by atoms with Crippen molar-refractivity contribution in [2.75, 3.05) is 20.6 Å². The number of likely N-dealkylation sites (N-methyl/N-ethyl adjacent to an activating group) is 1. The Bertz CT molecular complexity index is 205. The maximum Gasteiger partial charge on any atom is 0.0995 e. The van der Waals surface area contributed by atoms with Crippen LogP contribution in [0.2, 0.25) is 0 Å². The van der Waals surface area contributed by atoms with E-state index in [4.69, 9.17) is 0 Å². The lowest BCUT2D eigenvalue weighted by Crippen LogP contribution is -2.08. The molecule has 0 N–H and O–H groups in total. The number of hydrogen-bond donors (Lipinski definition) is 0. The van der Waals surface area contributed by atoms with E-state index < -0.39 is 0 Å². The monoisotopic (exact) mass is 166 g/mol. The second-order valence-corrected chi connectivity index (χ2v) is 2.43. The second-order valence-electron chi connectivity index (χ2n) is 2.43. The molecule has 0 rings (SSSR count). The molecule has 0 saturated carbocycles. The molecule has 0 radical (unpaired) electrons. The van der Waals surface area contributed by atoms with Crippen LogP contribution in [0.4, 0.5) is 0 Å². The predicted molar refractivity (Wildman–Crippen MR) is 51.8 cm³/mol. The van der Waals surface area contributed by atoms with Gasteiger partial charge in [0.1, 0.15) is 0 Å². The van der Waals surface area contributed by atoms with Gasteiger partial charge in [0.25, 0.3) is 0 Å². The van der Waals surface area contributed by atoms with Gasteiger partial charge in [-0.1, -0.05) is 23.9 Å². The van der Waals surface area contributed by atoms with Crippen LogP contribution in [0.3, 0.4) is 0 Å². The van der Waals surface area contributed by atoms with Crippen LogP contribution < -0.4 is 0 Å². The molecule has 0 aromatic carbocycles. The van der Waals surface area contributed by atoms with Gasteiger partial charge in [0.05, 0.1) is 6.54 Å². The molecule has 0 aliphatic carbocycles. The van der Waals surface area contributed by atoms with Crippen molar-refractivity contribution in [1.29, 1.82) is 0 Å². The molecule has 0 saturated heterocycles. The third kappa shape index (κ3) is 4.44. The van der Waals surface area contributed by atoms with Gasteiger partial charge < -0.3 is 4.90 Å². The fourth-order valence-electron chi connectivity index (χ4n) is 0.670. The van der Waals surface area contributed by atoms with Crippen molar-refractivity contribution < 1.29 is 0 Å². The molecule has 66 valence electrons. The fourth-order valence-corrected chi connectivity index (χ4v) is 0.670. The average molecular weight is 166 g/mol. The summed E-state index contributed by atoms with van der Waals surface area (Å²) in [6.07, 6.45) is 7.11. The van der Waals surface area contributed by atoms with Gasteiger partial charge in [-0.25, -0.2) is 0 Å². The lowest BCUT2D eigenvalue weighted by molar-refractivity contribution is 0.530. The highest BCUT2D eigenvalue weighted by Gasteiger charge is 1.88. The summed E-state index contributed by atoms with van der Waals surface area (Å²) in [7, 11) is 3.86. The first-order valence-electron chi connectivity index (χ1n) is 3.68. The average Bonchev–Trinajstić information content (AvgIpc) is 2.04. The molecule has 0 fully saturated rings. The van der Waals surface area contributed by atoms with Crippen molar-refractivity contribution in [2.24, 2.45) is 5.18 Å². The van der Waals surface area contributed by atoms with Crippen LogP contribution in [0.5, 0.6) is 0 Å². The summed E-state index contributed by atoms with van der Waals surface area (Å²) in [5.41, 5.74) is 0.997. The molecule has 0 bridgehead atoms. The molecular weight excluding hydrogens is 152 g/mol. The molecule has 0 heterocycles. The molecule has 0 spiro atoms. The molecule has 0 aromatic heterocycles. The van der Waals surface area contributed by atoms with Gasteiger partial charge in [0.2, 0.25) is 0 Å². The van der Waals surface area contributed by atoms with E-state index in [1.807, 2.05) is 25.1 Å². The van der Waals surface area contributed by atoms with Crippen molar-refractivity contribution in [2.45, 2.75) is 0 Å². The summed E-state index contributed by atoms with van der Waals surface area (Å²) in [4.78, 5) is 11.6. The van der Waals surface area contributed by atoms with Gasteiger partial charge in [-0.05, 0) is 12.2 Å². The van der Waals surface area contributed by atoms with Gasteiger partial charge in [0.15, 0.2) is 0 Å². The van der Waals surface area contributed by atoms with Gasteiger partial charge >= 0.3 is 0 Å². The maximum atomic E-state index is 9.70. The molecule has 0 amide bonds. The third-order valence-electron chi connectivity index (χ3n) is 1.31. The lowest BCUT2D eigenvalue weighted by Gasteiger charge is -2.11. The van der Waals surface area contributed by atoms with Crippen LogP contribution in [-0.2, 0) is 0 Å². The summed E-state index contributed by atoms with van der Waals surface area (Å²) in [5.74, 6) is 0. The molecule has 0 aromatic rings. The lowest BCUT2D eigenvalue weighted by atomic mass is 10.3. The summed E-state index contributed by atoms with van der Waals surface area (Å²) >= 11 is 0. The minimum Gasteiger partial charge on any atom is -0.378 e. The Kier molecular flexibility index (Phi) is 5.61. The molecule has 12 heavy (non-hydrogen) atoms. The molecule has 0 aliphatic heterocycles. The van der Waals surface area contributed by atoms with Crippen LogP contribution in [0.15, 0.2) is 41.8 Å². The quantitative estimate of drug-likeness (QED) is 0.462. The minimum absolute atomic E-state index is 0.217. The standard InChI is InChI=1S/C9H14N2O/c1-4-9(11(2)3)7-5-6-8-10-12/h4-7H,1,8H2,2-3H3/b6-5+,9-7+. The van der Waals surface area contributed by atoms with Gasteiger partial charge in [-0.3, -0.25) is 0 Å². The van der Waals surface area contributed by atoms with Crippen molar-refractivity contribution in [1.82, 2.24) is 4.90 Å². The summed E-state index contributed by atoms with van der Waals surface area (Å²) in [6.45, 7) is 3.87. The van der Waals surface area contributed by atoms with Crippen molar-refractivity contribution >= 4 is 0 Å². The highest BCUT2D eigenvalue weighted by Crippen LogP contribution is 1.98. The Morgan fingerprint density at radius 1 is 1.58 bits per heavy atom. The Morgan fingerprint density at radius 2 is 2.25 bits per heavy atom. The van der Waals surface area contributed by atoms with Crippen LogP contribution >= 0.6 is 0 Å². The fraction of sp³-hybridized carbons (Fsp3) is 0.333. The van der Waals surface area contributed by atoms with Crippen molar-refractivity contribution in [3.05, 3.63) is 41.5 Å². The van der Waals surface area contributed by atoms with E-state index in [1.54, 1.807) is 18.2 Å². The van der Waals surface area contributed by atoms with Gasteiger partial charge in [-0.15, -0.1) is 0 Å². The molecule has 3 nitrogen and oxygen atoms in total. The highest BCUT2D eigenvalue weighted by molar-refractivity contribution is 5.20. The van der Waals surface area contributed by atoms with Crippen LogP contribution in [0.1, 0.15) is 0 Å².